The van der Waals surface area contributed by atoms with Crippen LogP contribution in [0, 0.1) is 10.1 Å². The first kappa shape index (κ1) is 12.1. The Balaban J connectivity index is 2.89. The second-order valence-corrected chi connectivity index (χ2v) is 3.85. The summed E-state index contributed by atoms with van der Waals surface area (Å²) in [6.07, 6.45) is 1.02. The van der Waals surface area contributed by atoms with Crippen molar-refractivity contribution < 1.29 is 14.8 Å². The maximum Gasteiger partial charge on any atom is 0.341 e. The van der Waals surface area contributed by atoms with Gasteiger partial charge in [0.15, 0.2) is 0 Å². The van der Waals surface area contributed by atoms with Gasteiger partial charge in [-0.3, -0.25) is 14.9 Å². The summed E-state index contributed by atoms with van der Waals surface area (Å²) in [7, 11) is 0. The first-order valence-electron chi connectivity index (χ1n) is 4.64. The molecule has 2 N–H and O–H groups in total. The number of carboxylic acids is 1. The van der Waals surface area contributed by atoms with Crippen molar-refractivity contribution in [3.63, 3.8) is 0 Å². The van der Waals surface area contributed by atoms with Gasteiger partial charge in [-0.15, -0.1) is 0 Å². The predicted molar refractivity (Wildman–Crippen MR) is 63.2 cm³/mol. The van der Waals surface area contributed by atoms with Crippen molar-refractivity contribution in [1.82, 2.24) is 4.98 Å². The van der Waals surface area contributed by atoms with Crippen LogP contribution in [0.5, 0.6) is 0 Å². The van der Waals surface area contributed by atoms with Gasteiger partial charge in [-0.25, -0.2) is 4.79 Å². The fourth-order valence-corrected chi connectivity index (χ4v) is 1.76. The Morgan fingerprint density at radius 3 is 2.67 bits per heavy atom. The lowest BCUT2D eigenvalue weighted by molar-refractivity contribution is -0.384. The average Bonchev–Trinajstić information content (AvgIpc) is 2.27. The standard InChI is InChI=1S/C10H5ClN2O5/c11-6-2-7-4(1-8(6)13(17)18)9(14)5(3-12-7)10(15)16/h1-3H,(H,12,14)(H,15,16). The largest absolute Gasteiger partial charge is 0.477 e. The predicted octanol–water partition coefficient (Wildman–Crippen LogP) is 1.79. The number of halogens is 1. The smallest absolute Gasteiger partial charge is 0.341 e. The van der Waals surface area contributed by atoms with E-state index in [9.17, 15) is 19.7 Å². The SMILES string of the molecule is O=C(O)c1c[nH]c2cc(Cl)c([N+](=O)[O-])cc2c1=O. The van der Waals surface area contributed by atoms with Crippen LogP contribution in [0.25, 0.3) is 10.9 Å². The first-order chi connectivity index (χ1) is 8.41. The number of carbonyl (C=O) groups is 1. The summed E-state index contributed by atoms with van der Waals surface area (Å²) in [4.78, 5) is 35.1. The Labute approximate surface area is 104 Å². The minimum Gasteiger partial charge on any atom is -0.477 e. The van der Waals surface area contributed by atoms with Gasteiger partial charge in [-0.2, -0.15) is 0 Å². The molecule has 2 rings (SSSR count). The van der Waals surface area contributed by atoms with E-state index < -0.39 is 27.6 Å². The lowest BCUT2D eigenvalue weighted by Crippen LogP contribution is -2.15. The maximum atomic E-state index is 11.8. The van der Waals surface area contributed by atoms with Crippen LogP contribution in [0.2, 0.25) is 5.02 Å². The highest BCUT2D eigenvalue weighted by atomic mass is 35.5. The van der Waals surface area contributed by atoms with Crippen molar-refractivity contribution in [3.8, 4) is 0 Å². The molecule has 2 aromatic rings. The molecule has 0 atom stereocenters. The molecule has 7 nitrogen and oxygen atoms in total. The molecule has 0 fully saturated rings. The Bertz CT molecular complexity index is 737. The Kier molecular flexibility index (Phi) is 2.76. The molecular weight excluding hydrogens is 264 g/mol. The van der Waals surface area contributed by atoms with Gasteiger partial charge < -0.3 is 10.1 Å². The van der Waals surface area contributed by atoms with E-state index in [1.54, 1.807) is 0 Å². The van der Waals surface area contributed by atoms with E-state index in [2.05, 4.69) is 4.98 Å². The molecule has 1 heterocycles. The van der Waals surface area contributed by atoms with Gasteiger partial charge in [-0.05, 0) is 6.07 Å². The van der Waals surface area contributed by atoms with Crippen LogP contribution in [-0.2, 0) is 0 Å². The van der Waals surface area contributed by atoms with E-state index in [-0.39, 0.29) is 15.9 Å². The van der Waals surface area contributed by atoms with Gasteiger partial charge in [0.2, 0.25) is 5.43 Å². The number of fused-ring (bicyclic) bond motifs is 1. The number of aromatic nitrogens is 1. The highest BCUT2D eigenvalue weighted by Gasteiger charge is 2.18. The van der Waals surface area contributed by atoms with Crippen molar-refractivity contribution in [3.05, 3.63) is 49.3 Å². The van der Waals surface area contributed by atoms with E-state index in [0.29, 0.717) is 0 Å². The maximum absolute atomic E-state index is 11.8. The first-order valence-corrected chi connectivity index (χ1v) is 5.02. The third-order valence-corrected chi connectivity index (χ3v) is 2.68. The molecular formula is C10H5ClN2O5. The molecule has 1 aromatic heterocycles. The minimum atomic E-state index is -1.41. The number of aromatic carboxylic acids is 1. The quantitative estimate of drug-likeness (QED) is 0.636. The van der Waals surface area contributed by atoms with E-state index in [4.69, 9.17) is 16.7 Å². The number of hydrogen-bond acceptors (Lipinski definition) is 4. The van der Waals surface area contributed by atoms with E-state index in [1.165, 1.54) is 6.07 Å². The van der Waals surface area contributed by atoms with Crippen molar-refractivity contribution >= 4 is 34.2 Å². The molecule has 0 aliphatic heterocycles. The molecule has 92 valence electrons. The molecule has 0 unspecified atom stereocenters. The molecule has 0 saturated heterocycles. The fraction of sp³-hybridized carbons (Fsp3) is 0. The summed E-state index contributed by atoms with van der Waals surface area (Å²) < 4.78 is 0. The summed E-state index contributed by atoms with van der Waals surface area (Å²) >= 11 is 5.67. The summed E-state index contributed by atoms with van der Waals surface area (Å²) in [5.74, 6) is -1.41. The Morgan fingerprint density at radius 2 is 2.11 bits per heavy atom. The number of nitro benzene ring substituents is 1. The van der Waals surface area contributed by atoms with Gasteiger partial charge in [0, 0.05) is 12.3 Å². The zero-order valence-corrected chi connectivity index (χ0v) is 9.39. The molecule has 0 spiro atoms. The molecule has 0 radical (unpaired) electrons. The number of nitrogens with one attached hydrogen (secondary N) is 1. The normalized spacial score (nSPS) is 10.5. The van der Waals surface area contributed by atoms with Crippen molar-refractivity contribution in [2.75, 3.05) is 0 Å². The highest BCUT2D eigenvalue weighted by Crippen LogP contribution is 2.27. The highest BCUT2D eigenvalue weighted by molar-refractivity contribution is 6.33. The molecule has 8 heteroatoms. The van der Waals surface area contributed by atoms with Gasteiger partial charge in [0.25, 0.3) is 5.69 Å². The minimum absolute atomic E-state index is 0.0917. The van der Waals surface area contributed by atoms with Gasteiger partial charge in [0.1, 0.15) is 10.6 Å². The van der Waals surface area contributed by atoms with Crippen LogP contribution in [-0.4, -0.2) is 21.0 Å². The molecule has 0 aliphatic carbocycles. The number of nitrogens with zero attached hydrogens (tertiary/aromatic N) is 1. The van der Waals surface area contributed by atoms with E-state index in [1.807, 2.05) is 0 Å². The number of rotatable bonds is 2. The number of hydrogen-bond donors (Lipinski definition) is 2. The van der Waals surface area contributed by atoms with Crippen LogP contribution in [0.3, 0.4) is 0 Å². The molecule has 1 aromatic carbocycles. The summed E-state index contributed by atoms with van der Waals surface area (Å²) in [6, 6.07) is 2.17. The Hall–Kier alpha value is -2.41. The van der Waals surface area contributed by atoms with E-state index >= 15 is 0 Å². The number of benzene rings is 1. The lowest BCUT2D eigenvalue weighted by atomic mass is 10.1. The van der Waals surface area contributed by atoms with Crippen molar-refractivity contribution in [2.45, 2.75) is 0 Å². The zero-order valence-electron chi connectivity index (χ0n) is 8.64. The number of H-pyrrole nitrogens is 1. The third kappa shape index (κ3) is 1.80. The molecule has 0 amide bonds. The van der Waals surface area contributed by atoms with Crippen LogP contribution in [0.15, 0.2) is 23.1 Å². The van der Waals surface area contributed by atoms with Gasteiger partial charge in [0.05, 0.1) is 15.8 Å². The summed E-state index contributed by atoms with van der Waals surface area (Å²) in [6.45, 7) is 0. The van der Waals surface area contributed by atoms with Crippen molar-refractivity contribution in [1.29, 1.82) is 0 Å². The van der Waals surface area contributed by atoms with Crippen LogP contribution in [0.4, 0.5) is 5.69 Å². The topological polar surface area (TPSA) is 113 Å². The monoisotopic (exact) mass is 268 g/mol. The van der Waals surface area contributed by atoms with Gasteiger partial charge in [-0.1, -0.05) is 11.6 Å². The van der Waals surface area contributed by atoms with Crippen LogP contribution in [0.1, 0.15) is 10.4 Å². The number of nitro groups is 1. The fourth-order valence-electron chi connectivity index (χ4n) is 1.53. The summed E-state index contributed by atoms with van der Waals surface area (Å²) in [5.41, 5.74) is -1.49. The summed E-state index contributed by atoms with van der Waals surface area (Å²) in [5, 5.41) is 19.2. The number of pyridine rings is 1. The Morgan fingerprint density at radius 1 is 1.44 bits per heavy atom. The molecule has 0 saturated carbocycles. The second kappa shape index (κ2) is 4.11. The number of carboxylic acid groups (broad SMARTS) is 1. The molecule has 0 aliphatic rings. The van der Waals surface area contributed by atoms with Crippen LogP contribution >= 0.6 is 11.6 Å². The molecule has 0 bridgehead atoms. The van der Waals surface area contributed by atoms with Crippen molar-refractivity contribution in [2.24, 2.45) is 0 Å². The number of aromatic amines is 1. The molecule has 18 heavy (non-hydrogen) atoms. The second-order valence-electron chi connectivity index (χ2n) is 3.44. The lowest BCUT2D eigenvalue weighted by Gasteiger charge is -2.01. The third-order valence-electron chi connectivity index (χ3n) is 2.38. The van der Waals surface area contributed by atoms with Gasteiger partial charge >= 0.3 is 5.97 Å². The van der Waals surface area contributed by atoms with E-state index in [0.717, 1.165) is 12.3 Å². The average molecular weight is 269 g/mol. The van der Waals surface area contributed by atoms with Crippen LogP contribution < -0.4 is 5.43 Å². The zero-order chi connectivity index (χ0) is 13.4.